The molecule has 4 heteroatoms. The van der Waals surface area contributed by atoms with Crippen LogP contribution >= 0.6 is 0 Å². The molecule has 0 aliphatic carbocycles. The second-order valence-electron chi connectivity index (χ2n) is 3.38. The minimum atomic E-state index is -1.06. The van der Waals surface area contributed by atoms with Gasteiger partial charge in [-0.25, -0.2) is 4.79 Å². The van der Waals surface area contributed by atoms with Gasteiger partial charge in [-0.1, -0.05) is 0 Å². The van der Waals surface area contributed by atoms with Crippen LogP contribution in [-0.2, 0) is 0 Å². The molecule has 0 radical (unpaired) electrons. The lowest BCUT2D eigenvalue weighted by molar-refractivity contribution is 0.0696. The number of aromatic carboxylic acids is 1. The number of carbonyl (C=O) groups is 1. The second kappa shape index (κ2) is 3.24. The summed E-state index contributed by atoms with van der Waals surface area (Å²) < 4.78 is 0. The molecule has 15 heavy (non-hydrogen) atoms. The number of aromatic hydroxyl groups is 1. The summed E-state index contributed by atoms with van der Waals surface area (Å²) in [6, 6.07) is 4.48. The van der Waals surface area contributed by atoms with Gasteiger partial charge in [-0.2, -0.15) is 0 Å². The van der Waals surface area contributed by atoms with Crippen LogP contribution < -0.4 is 0 Å². The minimum absolute atomic E-state index is 0.0624. The predicted molar refractivity (Wildman–Crippen MR) is 55.1 cm³/mol. The molecule has 0 bridgehead atoms. The number of pyridine rings is 1. The van der Waals surface area contributed by atoms with E-state index in [9.17, 15) is 9.90 Å². The van der Waals surface area contributed by atoms with E-state index in [2.05, 4.69) is 4.98 Å². The Morgan fingerprint density at radius 3 is 2.73 bits per heavy atom. The number of carboxylic acid groups (broad SMARTS) is 1. The second-order valence-corrected chi connectivity index (χ2v) is 3.38. The van der Waals surface area contributed by atoms with Crippen molar-refractivity contribution in [1.82, 2.24) is 4.98 Å². The Morgan fingerprint density at radius 1 is 1.33 bits per heavy atom. The number of rotatable bonds is 1. The zero-order chi connectivity index (χ0) is 11.0. The third-order valence-electron chi connectivity index (χ3n) is 2.15. The van der Waals surface area contributed by atoms with Gasteiger partial charge in [-0.3, -0.25) is 4.98 Å². The first-order chi connectivity index (χ1) is 7.08. The van der Waals surface area contributed by atoms with Gasteiger partial charge in [0.05, 0.1) is 5.56 Å². The number of nitrogens with zero attached hydrogens (tertiary/aromatic N) is 1. The number of aromatic nitrogens is 1. The van der Waals surface area contributed by atoms with Gasteiger partial charge in [0.15, 0.2) is 0 Å². The Kier molecular flexibility index (Phi) is 2.04. The Hall–Kier alpha value is -2.10. The highest BCUT2D eigenvalue weighted by Crippen LogP contribution is 2.25. The van der Waals surface area contributed by atoms with Gasteiger partial charge in [0.2, 0.25) is 0 Å². The first-order valence-electron chi connectivity index (χ1n) is 4.40. The van der Waals surface area contributed by atoms with E-state index >= 15 is 0 Å². The van der Waals surface area contributed by atoms with E-state index in [0.29, 0.717) is 10.9 Å². The SMILES string of the molecule is Cc1cnc2c(O)cc(C(=O)O)cc2c1. The first-order valence-corrected chi connectivity index (χ1v) is 4.40. The molecular formula is C11H9NO3. The van der Waals surface area contributed by atoms with E-state index in [1.807, 2.05) is 6.92 Å². The van der Waals surface area contributed by atoms with Crippen molar-refractivity contribution in [3.63, 3.8) is 0 Å². The lowest BCUT2D eigenvalue weighted by Crippen LogP contribution is -1.96. The molecule has 0 aliphatic heterocycles. The fourth-order valence-corrected chi connectivity index (χ4v) is 1.46. The number of hydrogen-bond acceptors (Lipinski definition) is 3. The van der Waals surface area contributed by atoms with Crippen molar-refractivity contribution in [2.24, 2.45) is 0 Å². The molecule has 4 nitrogen and oxygen atoms in total. The van der Waals surface area contributed by atoms with E-state index in [4.69, 9.17) is 5.11 Å². The molecule has 1 aromatic carbocycles. The Bertz CT molecular complexity index is 549. The van der Waals surface area contributed by atoms with E-state index in [0.717, 1.165) is 5.56 Å². The van der Waals surface area contributed by atoms with Crippen LogP contribution in [0.1, 0.15) is 15.9 Å². The average molecular weight is 203 g/mol. The molecule has 0 fully saturated rings. The van der Waals surface area contributed by atoms with Crippen molar-refractivity contribution in [2.75, 3.05) is 0 Å². The van der Waals surface area contributed by atoms with Gasteiger partial charge in [-0.15, -0.1) is 0 Å². The molecule has 0 unspecified atom stereocenters. The number of benzene rings is 1. The average Bonchev–Trinajstić information content (AvgIpc) is 2.16. The van der Waals surface area contributed by atoms with Crippen molar-refractivity contribution in [3.05, 3.63) is 35.5 Å². The van der Waals surface area contributed by atoms with Crippen LogP contribution in [0.4, 0.5) is 0 Å². The van der Waals surface area contributed by atoms with E-state index in [1.165, 1.54) is 12.1 Å². The zero-order valence-corrected chi connectivity index (χ0v) is 8.06. The maximum Gasteiger partial charge on any atom is 0.335 e. The Morgan fingerprint density at radius 2 is 2.07 bits per heavy atom. The molecule has 0 atom stereocenters. The molecule has 2 N–H and O–H groups in total. The topological polar surface area (TPSA) is 70.4 Å². The molecule has 2 aromatic rings. The fourth-order valence-electron chi connectivity index (χ4n) is 1.46. The number of phenols is 1. The molecule has 1 aromatic heterocycles. The van der Waals surface area contributed by atoms with Gasteiger partial charge < -0.3 is 10.2 Å². The molecule has 0 aliphatic rings. The largest absolute Gasteiger partial charge is 0.506 e. The molecule has 0 saturated heterocycles. The van der Waals surface area contributed by atoms with E-state index in [-0.39, 0.29) is 11.3 Å². The van der Waals surface area contributed by atoms with Crippen LogP contribution in [0.5, 0.6) is 5.75 Å². The van der Waals surface area contributed by atoms with Gasteiger partial charge >= 0.3 is 5.97 Å². The van der Waals surface area contributed by atoms with Gasteiger partial charge in [0, 0.05) is 11.6 Å². The summed E-state index contributed by atoms with van der Waals surface area (Å²) in [6.07, 6.45) is 1.63. The van der Waals surface area contributed by atoms with Crippen molar-refractivity contribution < 1.29 is 15.0 Å². The fraction of sp³-hybridized carbons (Fsp3) is 0.0909. The van der Waals surface area contributed by atoms with Crippen LogP contribution in [0.15, 0.2) is 24.4 Å². The summed E-state index contributed by atoms with van der Waals surface area (Å²) in [4.78, 5) is 14.8. The lowest BCUT2D eigenvalue weighted by Gasteiger charge is -2.03. The summed E-state index contributed by atoms with van der Waals surface area (Å²) in [6.45, 7) is 1.86. The molecule has 0 spiro atoms. The number of hydrogen-bond donors (Lipinski definition) is 2. The monoisotopic (exact) mass is 203 g/mol. The molecule has 0 saturated carbocycles. The third-order valence-corrected chi connectivity index (χ3v) is 2.15. The molecule has 76 valence electrons. The zero-order valence-electron chi connectivity index (χ0n) is 8.06. The first kappa shape index (κ1) is 9.45. The predicted octanol–water partition coefficient (Wildman–Crippen LogP) is 1.95. The Labute approximate surface area is 85.8 Å². The van der Waals surface area contributed by atoms with Gasteiger partial charge in [-0.05, 0) is 30.7 Å². The third kappa shape index (κ3) is 1.61. The summed E-state index contributed by atoms with van der Waals surface area (Å²) in [5, 5.41) is 19.0. The standard InChI is InChI=1S/C11H9NO3/c1-6-2-7-3-8(11(14)15)4-9(13)10(7)12-5-6/h2-5,13H,1H3,(H,14,15). The molecule has 1 heterocycles. The smallest absolute Gasteiger partial charge is 0.335 e. The van der Waals surface area contributed by atoms with E-state index < -0.39 is 5.97 Å². The van der Waals surface area contributed by atoms with Crippen molar-refractivity contribution >= 4 is 16.9 Å². The van der Waals surface area contributed by atoms with Crippen molar-refractivity contribution in [2.45, 2.75) is 6.92 Å². The lowest BCUT2D eigenvalue weighted by atomic mass is 10.1. The van der Waals surface area contributed by atoms with Gasteiger partial charge in [0.25, 0.3) is 0 Å². The highest BCUT2D eigenvalue weighted by molar-refractivity contribution is 5.95. The quantitative estimate of drug-likeness (QED) is 0.743. The number of carboxylic acids is 1. The van der Waals surface area contributed by atoms with Crippen LogP contribution in [0.25, 0.3) is 10.9 Å². The van der Waals surface area contributed by atoms with Crippen molar-refractivity contribution in [3.8, 4) is 5.75 Å². The highest BCUT2D eigenvalue weighted by Gasteiger charge is 2.09. The van der Waals surface area contributed by atoms with Crippen molar-refractivity contribution in [1.29, 1.82) is 0 Å². The van der Waals surface area contributed by atoms with Crippen LogP contribution in [-0.4, -0.2) is 21.2 Å². The maximum absolute atomic E-state index is 10.8. The Balaban J connectivity index is 2.79. The van der Waals surface area contributed by atoms with Crippen LogP contribution in [0, 0.1) is 6.92 Å². The maximum atomic E-state index is 10.8. The number of phenolic OH excluding ortho intramolecular Hbond substituents is 1. The summed E-state index contributed by atoms with van der Waals surface area (Å²) in [7, 11) is 0. The summed E-state index contributed by atoms with van der Waals surface area (Å²) in [5.41, 5.74) is 1.41. The van der Waals surface area contributed by atoms with Crippen LogP contribution in [0.3, 0.4) is 0 Å². The molecular weight excluding hydrogens is 194 g/mol. The van der Waals surface area contributed by atoms with Crippen LogP contribution in [0.2, 0.25) is 0 Å². The molecule has 2 rings (SSSR count). The summed E-state index contributed by atoms with van der Waals surface area (Å²) >= 11 is 0. The van der Waals surface area contributed by atoms with E-state index in [1.54, 1.807) is 12.3 Å². The summed E-state index contributed by atoms with van der Waals surface area (Å²) in [5.74, 6) is -1.17. The van der Waals surface area contributed by atoms with Gasteiger partial charge in [0.1, 0.15) is 11.3 Å². The number of fused-ring (bicyclic) bond motifs is 1. The number of aryl methyl sites for hydroxylation is 1. The normalized spacial score (nSPS) is 10.5. The minimum Gasteiger partial charge on any atom is -0.506 e. The molecule has 0 amide bonds. The highest BCUT2D eigenvalue weighted by atomic mass is 16.4.